The van der Waals surface area contributed by atoms with Gasteiger partial charge >= 0.3 is 6.09 Å². The second-order valence-electron chi connectivity index (χ2n) is 9.77. The molecule has 45 heavy (non-hydrogen) atoms. The summed E-state index contributed by atoms with van der Waals surface area (Å²) in [6, 6.07) is 20.1. The Kier molecular flexibility index (Phi) is 9.77. The van der Waals surface area contributed by atoms with Gasteiger partial charge in [0.25, 0.3) is 0 Å². The van der Waals surface area contributed by atoms with Gasteiger partial charge in [-0.2, -0.15) is 4.68 Å². The van der Waals surface area contributed by atoms with Gasteiger partial charge in [0.15, 0.2) is 5.82 Å². The smallest absolute Gasteiger partial charge is 0.411 e. The molecule has 0 saturated heterocycles. The van der Waals surface area contributed by atoms with Crippen molar-refractivity contribution in [1.82, 2.24) is 35.7 Å². The summed E-state index contributed by atoms with van der Waals surface area (Å²) in [7, 11) is 1.30. The molecular weight excluding hydrogens is 599 g/mol. The topological polar surface area (TPSA) is 143 Å². The van der Waals surface area contributed by atoms with Gasteiger partial charge in [-0.1, -0.05) is 72.8 Å². The lowest BCUT2D eigenvalue weighted by atomic mass is 9.91. The first kappa shape index (κ1) is 30.9. The molecule has 0 saturated carbocycles. The number of aromatic amines is 1. The minimum Gasteiger partial charge on any atom is -0.453 e. The fraction of sp³-hybridized carbons (Fsp3) is 0.0938. The lowest BCUT2D eigenvalue weighted by molar-refractivity contribution is 0.187. The van der Waals surface area contributed by atoms with Crippen molar-refractivity contribution in [3.8, 4) is 16.9 Å². The Morgan fingerprint density at radius 3 is 2.62 bits per heavy atom. The number of hydrogen-bond donors (Lipinski definition) is 4. The first-order valence-electron chi connectivity index (χ1n) is 13.6. The van der Waals surface area contributed by atoms with E-state index in [2.05, 4.69) is 42.1 Å². The number of nitrogens with zero attached hydrogens (tertiary/aromatic N) is 5. The van der Waals surface area contributed by atoms with Crippen LogP contribution in [0.1, 0.15) is 22.9 Å². The average Bonchev–Trinajstić information content (AvgIpc) is 3.77. The molecule has 0 aliphatic heterocycles. The van der Waals surface area contributed by atoms with Crippen LogP contribution in [0.15, 0.2) is 110 Å². The van der Waals surface area contributed by atoms with E-state index in [9.17, 15) is 10.0 Å². The van der Waals surface area contributed by atoms with Gasteiger partial charge in [-0.3, -0.25) is 16.0 Å². The van der Waals surface area contributed by atoms with Crippen molar-refractivity contribution >= 4 is 29.0 Å². The van der Waals surface area contributed by atoms with Crippen molar-refractivity contribution in [1.29, 1.82) is 0 Å². The summed E-state index contributed by atoms with van der Waals surface area (Å²) in [5.74, 6) is -0.357. The van der Waals surface area contributed by atoms with E-state index < -0.39 is 11.9 Å². The third-order valence-electron chi connectivity index (χ3n) is 6.94. The predicted octanol–water partition coefficient (Wildman–Crippen LogP) is 6.48. The maximum absolute atomic E-state index is 15.5. The predicted molar refractivity (Wildman–Crippen MR) is 168 cm³/mol. The third kappa shape index (κ3) is 7.32. The van der Waals surface area contributed by atoms with Crippen molar-refractivity contribution < 1.29 is 19.1 Å². The molecule has 0 aliphatic carbocycles. The Hall–Kier alpha value is -5.59. The number of anilines is 1. The average molecular weight is 627 g/mol. The van der Waals surface area contributed by atoms with Gasteiger partial charge in [0, 0.05) is 28.9 Å². The molecule has 1 amide bonds. The second-order valence-corrected chi connectivity index (χ2v) is 10.2. The summed E-state index contributed by atoms with van der Waals surface area (Å²) >= 11 is 6.14. The summed E-state index contributed by atoms with van der Waals surface area (Å²) in [6.45, 7) is 4.33. The van der Waals surface area contributed by atoms with Crippen LogP contribution >= 0.6 is 11.6 Å². The highest BCUT2D eigenvalue weighted by Crippen LogP contribution is 2.33. The van der Waals surface area contributed by atoms with Gasteiger partial charge in [0.1, 0.15) is 12.2 Å². The van der Waals surface area contributed by atoms with Crippen LogP contribution in [-0.4, -0.2) is 48.6 Å². The Morgan fingerprint density at radius 1 is 1.16 bits per heavy atom. The molecule has 228 valence electrons. The fourth-order valence-electron chi connectivity index (χ4n) is 4.68. The number of aromatic nitrogens is 6. The third-order valence-corrected chi connectivity index (χ3v) is 7.23. The van der Waals surface area contributed by atoms with Crippen LogP contribution in [0, 0.1) is 5.82 Å². The molecule has 4 N–H and O–H groups in total. The van der Waals surface area contributed by atoms with E-state index in [4.69, 9.17) is 11.6 Å². The molecule has 0 fully saturated rings. The number of methoxy groups -OCH3 is 1. The number of ether oxygens (including phenoxy) is 1. The Bertz CT molecular complexity index is 1840. The van der Waals surface area contributed by atoms with E-state index in [1.54, 1.807) is 36.5 Å². The Morgan fingerprint density at radius 2 is 1.93 bits per heavy atom. The molecule has 2 aromatic heterocycles. The normalized spacial score (nSPS) is 12.2. The van der Waals surface area contributed by atoms with Crippen LogP contribution in [0.3, 0.4) is 0 Å². The van der Waals surface area contributed by atoms with Crippen LogP contribution in [0.5, 0.6) is 0 Å². The molecule has 0 bridgehead atoms. The van der Waals surface area contributed by atoms with E-state index >= 15 is 4.39 Å². The van der Waals surface area contributed by atoms with Gasteiger partial charge in [-0.15, -0.1) is 5.10 Å². The minimum atomic E-state index is -0.717. The van der Waals surface area contributed by atoms with Crippen LogP contribution in [0.4, 0.5) is 14.9 Å². The monoisotopic (exact) mass is 626 g/mol. The summed E-state index contributed by atoms with van der Waals surface area (Å²) in [5.41, 5.74) is 6.54. The van der Waals surface area contributed by atoms with Gasteiger partial charge < -0.3 is 9.72 Å². The van der Waals surface area contributed by atoms with E-state index in [1.165, 1.54) is 30.4 Å². The molecule has 5 aromatic rings. The molecule has 1 atom stereocenters. The first-order chi connectivity index (χ1) is 21.9. The maximum Gasteiger partial charge on any atom is 0.411 e. The maximum atomic E-state index is 15.5. The van der Waals surface area contributed by atoms with Crippen molar-refractivity contribution in [2.75, 3.05) is 12.4 Å². The Labute approximate surface area is 262 Å². The zero-order valence-electron chi connectivity index (χ0n) is 24.0. The van der Waals surface area contributed by atoms with Gasteiger partial charge in [-0.25, -0.2) is 14.2 Å². The van der Waals surface area contributed by atoms with Crippen molar-refractivity contribution in [2.24, 2.45) is 0 Å². The molecule has 11 nitrogen and oxygen atoms in total. The number of carbonyl (C=O) groups is 1. The summed E-state index contributed by atoms with van der Waals surface area (Å²) in [5, 5.41) is 23.2. The van der Waals surface area contributed by atoms with Crippen molar-refractivity contribution in [3.63, 3.8) is 0 Å². The van der Waals surface area contributed by atoms with Gasteiger partial charge in [0.2, 0.25) is 0 Å². The van der Waals surface area contributed by atoms with Crippen LogP contribution in [0.2, 0.25) is 5.02 Å². The number of allylic oxidation sites excluding steroid dienone is 4. The largest absolute Gasteiger partial charge is 0.453 e. The lowest BCUT2D eigenvalue weighted by Crippen LogP contribution is -2.10. The standard InChI is InChI=1S/C32H28ClFN8O3/c1-20(8-9-23(17-37-44)29-28(42-19-36-40-41-42)15-14-26(33)30(29)34)25(16-21-6-4-3-5-7-21)31-35-18-27(39-31)22-10-12-24(13-11-22)38-32(43)45-2/h3-15,17-19,25,37,44H,1,16H2,2H3,(H,35,39)(H,38,43). The summed E-state index contributed by atoms with van der Waals surface area (Å²) < 4.78 is 21.4. The van der Waals surface area contributed by atoms with Crippen molar-refractivity contribution in [2.45, 2.75) is 12.3 Å². The number of nitrogens with one attached hydrogen (secondary N) is 3. The first-order valence-corrected chi connectivity index (χ1v) is 14.0. The molecule has 0 aliphatic rings. The zero-order valence-corrected chi connectivity index (χ0v) is 24.7. The van der Waals surface area contributed by atoms with Crippen molar-refractivity contribution in [3.05, 3.63) is 138 Å². The SMILES string of the molecule is C=C(C=CC(=CNO)c1c(-n2cnnn2)ccc(Cl)c1F)C(Cc1ccccc1)c1ncc(-c2ccc(NC(=O)OC)cc2)[nH]1. The van der Waals surface area contributed by atoms with E-state index in [0.29, 0.717) is 29.2 Å². The number of benzene rings is 3. The Balaban J connectivity index is 1.47. The number of rotatable bonds is 11. The number of imidazole rings is 1. The molecular formula is C32H28ClFN8O3. The molecule has 2 heterocycles. The van der Waals surface area contributed by atoms with Gasteiger partial charge in [-0.05, 0) is 57.8 Å². The fourth-order valence-corrected chi connectivity index (χ4v) is 4.84. The van der Waals surface area contributed by atoms with Crippen LogP contribution in [0.25, 0.3) is 22.5 Å². The number of halogens is 2. The van der Waals surface area contributed by atoms with Crippen LogP contribution < -0.4 is 10.8 Å². The molecule has 1 unspecified atom stereocenters. The number of H-pyrrole nitrogens is 1. The molecule has 0 spiro atoms. The number of amides is 1. The highest BCUT2D eigenvalue weighted by Gasteiger charge is 2.21. The number of hydrogen-bond acceptors (Lipinski definition) is 8. The van der Waals surface area contributed by atoms with Crippen LogP contribution in [-0.2, 0) is 11.2 Å². The minimum absolute atomic E-state index is 0.0606. The van der Waals surface area contributed by atoms with E-state index in [1.807, 2.05) is 47.9 Å². The molecule has 0 radical (unpaired) electrons. The second kappa shape index (κ2) is 14.3. The zero-order chi connectivity index (χ0) is 31.8. The van der Waals surface area contributed by atoms with Gasteiger partial charge in [0.05, 0.1) is 29.7 Å². The molecule has 5 rings (SSSR count). The van der Waals surface area contributed by atoms with E-state index in [-0.39, 0.29) is 22.1 Å². The summed E-state index contributed by atoms with van der Waals surface area (Å²) in [6.07, 6.45) is 7.64. The number of carbonyl (C=O) groups excluding carboxylic acids is 1. The number of hydroxylamine groups is 1. The highest BCUT2D eigenvalue weighted by molar-refractivity contribution is 6.31. The molecule has 13 heteroatoms. The number of tetrazole rings is 1. The lowest BCUT2D eigenvalue weighted by Gasteiger charge is -2.17. The quantitative estimate of drug-likeness (QED) is 0.0963. The van der Waals surface area contributed by atoms with E-state index in [0.717, 1.165) is 16.8 Å². The highest BCUT2D eigenvalue weighted by atomic mass is 35.5. The summed E-state index contributed by atoms with van der Waals surface area (Å²) in [4.78, 5) is 19.6. The molecule has 3 aromatic carbocycles.